The summed E-state index contributed by atoms with van der Waals surface area (Å²) in [5.74, 6) is 1.16. The van der Waals surface area contributed by atoms with Gasteiger partial charge in [0.25, 0.3) is 0 Å². The van der Waals surface area contributed by atoms with Crippen molar-refractivity contribution in [3.05, 3.63) is 22.7 Å². The molecule has 1 aromatic heterocycles. The number of nitrogens with one attached hydrogen (secondary N) is 1. The number of nitrogens with zero attached hydrogens (tertiary/aromatic N) is 1. The van der Waals surface area contributed by atoms with Gasteiger partial charge < -0.3 is 5.73 Å². The summed E-state index contributed by atoms with van der Waals surface area (Å²) in [5.41, 5.74) is 7.93. The molecule has 0 amide bonds. The van der Waals surface area contributed by atoms with Gasteiger partial charge in [0, 0.05) is 10.4 Å². The molecule has 0 radical (unpaired) electrons. The number of fused-ring (bicyclic) bond motifs is 1. The zero-order chi connectivity index (χ0) is 9.71. The number of hydrogen-bond donors (Lipinski definition) is 2. The van der Waals surface area contributed by atoms with Crippen molar-refractivity contribution in [2.24, 2.45) is 0 Å². The Balaban J connectivity index is 2.37. The summed E-state index contributed by atoms with van der Waals surface area (Å²) in [6.07, 6.45) is 2.44. The molecule has 0 atom stereocenters. The Morgan fingerprint density at radius 1 is 1.43 bits per heavy atom. The highest BCUT2D eigenvalue weighted by atomic mass is 35.5. The van der Waals surface area contributed by atoms with Crippen molar-refractivity contribution in [2.45, 2.75) is 18.8 Å². The van der Waals surface area contributed by atoms with E-state index in [9.17, 15) is 0 Å². The van der Waals surface area contributed by atoms with Crippen molar-refractivity contribution in [3.63, 3.8) is 0 Å². The molecule has 1 fully saturated rings. The van der Waals surface area contributed by atoms with Crippen molar-refractivity contribution in [1.82, 2.24) is 10.2 Å². The summed E-state index contributed by atoms with van der Waals surface area (Å²) in [6, 6.07) is 3.83. The number of anilines is 1. The smallest absolute Gasteiger partial charge is 0.153 e. The first-order valence-electron chi connectivity index (χ1n) is 4.69. The number of nitrogens with two attached hydrogens (primary N) is 1. The van der Waals surface area contributed by atoms with Crippen LogP contribution in [0.1, 0.15) is 24.3 Å². The molecule has 1 saturated carbocycles. The lowest BCUT2D eigenvalue weighted by molar-refractivity contribution is 1.09. The van der Waals surface area contributed by atoms with E-state index in [0.29, 0.717) is 11.7 Å². The average molecular weight is 208 g/mol. The number of nitrogen functional groups attached to an aromatic ring is 1. The zero-order valence-electron chi connectivity index (χ0n) is 7.55. The summed E-state index contributed by atoms with van der Waals surface area (Å²) in [6.45, 7) is 0. The molecule has 3 N–H and O–H groups in total. The number of H-pyrrole nitrogens is 1. The molecule has 0 aliphatic heterocycles. The Morgan fingerprint density at radius 2 is 2.21 bits per heavy atom. The minimum Gasteiger partial charge on any atom is -0.382 e. The molecule has 2 aromatic rings. The van der Waals surface area contributed by atoms with Gasteiger partial charge in [-0.25, -0.2) is 0 Å². The van der Waals surface area contributed by atoms with E-state index >= 15 is 0 Å². The maximum absolute atomic E-state index is 6.16. The molecule has 0 spiro atoms. The van der Waals surface area contributed by atoms with Crippen LogP contribution < -0.4 is 5.73 Å². The van der Waals surface area contributed by atoms with Crippen LogP contribution >= 0.6 is 11.6 Å². The van der Waals surface area contributed by atoms with Crippen LogP contribution in [0.2, 0.25) is 5.02 Å². The van der Waals surface area contributed by atoms with Crippen LogP contribution in [0.5, 0.6) is 0 Å². The second-order valence-corrected chi connectivity index (χ2v) is 4.17. The summed E-state index contributed by atoms with van der Waals surface area (Å²) in [7, 11) is 0. The van der Waals surface area contributed by atoms with Crippen molar-refractivity contribution < 1.29 is 0 Å². The van der Waals surface area contributed by atoms with Gasteiger partial charge >= 0.3 is 0 Å². The van der Waals surface area contributed by atoms with Crippen molar-refractivity contribution in [2.75, 3.05) is 5.73 Å². The molecule has 4 heteroatoms. The van der Waals surface area contributed by atoms with Gasteiger partial charge in [-0.15, -0.1) is 0 Å². The van der Waals surface area contributed by atoms with E-state index in [1.165, 1.54) is 18.4 Å². The van der Waals surface area contributed by atoms with Gasteiger partial charge in [0.2, 0.25) is 0 Å². The maximum atomic E-state index is 6.16. The van der Waals surface area contributed by atoms with E-state index in [1.807, 2.05) is 12.1 Å². The molecule has 1 aliphatic rings. The van der Waals surface area contributed by atoms with Crippen LogP contribution in [0.25, 0.3) is 10.9 Å². The number of halogens is 1. The van der Waals surface area contributed by atoms with E-state index in [-0.39, 0.29) is 0 Å². The fourth-order valence-electron chi connectivity index (χ4n) is 1.88. The fraction of sp³-hybridized carbons (Fsp3) is 0.300. The number of hydrogen-bond acceptors (Lipinski definition) is 2. The molecule has 0 bridgehead atoms. The third-order valence-electron chi connectivity index (χ3n) is 2.74. The van der Waals surface area contributed by atoms with Crippen LogP contribution in [0.4, 0.5) is 5.82 Å². The second kappa shape index (κ2) is 2.64. The van der Waals surface area contributed by atoms with Crippen molar-refractivity contribution in [1.29, 1.82) is 0 Å². The third-order valence-corrected chi connectivity index (χ3v) is 3.07. The molecule has 1 aliphatic carbocycles. The van der Waals surface area contributed by atoms with Gasteiger partial charge in [-0.2, -0.15) is 5.10 Å². The summed E-state index contributed by atoms with van der Waals surface area (Å²) < 4.78 is 0. The summed E-state index contributed by atoms with van der Waals surface area (Å²) >= 11 is 6.16. The van der Waals surface area contributed by atoms with Crippen LogP contribution in [-0.4, -0.2) is 10.2 Å². The second-order valence-electron chi connectivity index (χ2n) is 3.77. The molecular formula is C10H10ClN3. The number of rotatable bonds is 1. The van der Waals surface area contributed by atoms with E-state index in [0.717, 1.165) is 15.9 Å². The minimum atomic E-state index is 0.554. The Labute approximate surface area is 86.2 Å². The van der Waals surface area contributed by atoms with Crippen molar-refractivity contribution >= 4 is 28.3 Å². The van der Waals surface area contributed by atoms with E-state index in [1.54, 1.807) is 0 Å². The Kier molecular flexibility index (Phi) is 1.53. The molecule has 3 rings (SSSR count). The first kappa shape index (κ1) is 8.12. The van der Waals surface area contributed by atoms with Crippen LogP contribution in [0, 0.1) is 0 Å². The van der Waals surface area contributed by atoms with E-state index in [4.69, 9.17) is 17.3 Å². The van der Waals surface area contributed by atoms with Crippen LogP contribution in [0.3, 0.4) is 0 Å². The van der Waals surface area contributed by atoms with E-state index < -0.39 is 0 Å². The van der Waals surface area contributed by atoms with Gasteiger partial charge in [0.15, 0.2) is 5.82 Å². The Hall–Kier alpha value is -1.22. The number of aromatic nitrogens is 2. The summed E-state index contributed by atoms with van der Waals surface area (Å²) in [5, 5.41) is 8.77. The Bertz CT molecular complexity index is 499. The first-order valence-corrected chi connectivity index (χ1v) is 5.07. The van der Waals surface area contributed by atoms with Crippen LogP contribution in [0.15, 0.2) is 12.1 Å². The summed E-state index contributed by atoms with van der Waals surface area (Å²) in [4.78, 5) is 0. The Morgan fingerprint density at radius 3 is 2.93 bits per heavy atom. The lowest BCUT2D eigenvalue weighted by atomic mass is 10.1. The first-order chi connectivity index (χ1) is 6.77. The highest BCUT2D eigenvalue weighted by Crippen LogP contribution is 2.46. The minimum absolute atomic E-state index is 0.554. The molecule has 14 heavy (non-hydrogen) atoms. The molecule has 3 nitrogen and oxygen atoms in total. The van der Waals surface area contributed by atoms with Gasteiger partial charge in [-0.1, -0.05) is 11.6 Å². The highest BCUT2D eigenvalue weighted by molar-refractivity contribution is 6.32. The molecule has 1 aromatic carbocycles. The zero-order valence-corrected chi connectivity index (χ0v) is 8.30. The molecule has 0 unspecified atom stereocenters. The van der Waals surface area contributed by atoms with E-state index in [2.05, 4.69) is 10.2 Å². The normalized spacial score (nSPS) is 16.4. The molecule has 72 valence electrons. The third kappa shape index (κ3) is 1.02. The maximum Gasteiger partial charge on any atom is 0.153 e. The average Bonchev–Trinajstić information content (AvgIpc) is 2.92. The van der Waals surface area contributed by atoms with Gasteiger partial charge in [0.1, 0.15) is 0 Å². The standard InChI is InChI=1S/C10H10ClN3/c11-7-4-3-6-9(13-14-10(6)12)8(7)5-1-2-5/h3-5H,1-2H2,(H3,12,13,14). The lowest BCUT2D eigenvalue weighted by Crippen LogP contribution is -1.85. The van der Waals surface area contributed by atoms with Crippen LogP contribution in [-0.2, 0) is 0 Å². The SMILES string of the molecule is Nc1n[nH]c2c(C3CC3)c(Cl)ccc12. The number of aromatic amines is 1. The predicted octanol–water partition coefficient (Wildman–Crippen LogP) is 2.68. The largest absolute Gasteiger partial charge is 0.382 e. The predicted molar refractivity (Wildman–Crippen MR) is 57.5 cm³/mol. The molecule has 1 heterocycles. The topological polar surface area (TPSA) is 54.7 Å². The highest BCUT2D eigenvalue weighted by Gasteiger charge is 2.28. The molecular weight excluding hydrogens is 198 g/mol. The van der Waals surface area contributed by atoms with Crippen molar-refractivity contribution in [3.8, 4) is 0 Å². The van der Waals surface area contributed by atoms with Gasteiger partial charge in [-0.3, -0.25) is 5.10 Å². The fourth-order valence-corrected chi connectivity index (χ4v) is 2.19. The van der Waals surface area contributed by atoms with Gasteiger partial charge in [0.05, 0.1) is 5.52 Å². The monoisotopic (exact) mass is 207 g/mol. The van der Waals surface area contributed by atoms with Gasteiger partial charge in [-0.05, 0) is 36.5 Å². The quantitative estimate of drug-likeness (QED) is 0.756. The molecule has 0 saturated heterocycles. The number of benzene rings is 1. The lowest BCUT2D eigenvalue weighted by Gasteiger charge is -2.02.